The smallest absolute Gasteiger partial charge is 0.313 e. The Hall–Kier alpha value is -0.870. The molecular weight excluding hydrogens is 284 g/mol. The van der Waals surface area contributed by atoms with Crippen LogP contribution in [0, 0.1) is 0 Å². The van der Waals surface area contributed by atoms with Gasteiger partial charge in [0.15, 0.2) is 0 Å². The van der Waals surface area contributed by atoms with E-state index in [9.17, 15) is 15.0 Å². The fourth-order valence-electron chi connectivity index (χ4n) is 2.03. The van der Waals surface area contributed by atoms with Crippen molar-refractivity contribution >= 4 is 21.9 Å². The predicted octanol–water partition coefficient (Wildman–Crippen LogP) is 3.17. The summed E-state index contributed by atoms with van der Waals surface area (Å²) in [6.07, 6.45) is 0.819. The van der Waals surface area contributed by atoms with Crippen molar-refractivity contribution in [1.82, 2.24) is 0 Å². The third-order valence-corrected chi connectivity index (χ3v) is 3.68. The van der Waals surface area contributed by atoms with Gasteiger partial charge in [-0.05, 0) is 30.5 Å². The molecule has 0 aliphatic rings. The molecule has 94 valence electrons. The number of aliphatic hydroxyl groups is 1. The van der Waals surface area contributed by atoms with Gasteiger partial charge in [-0.15, -0.1) is 0 Å². The Morgan fingerprint density at radius 1 is 1.41 bits per heavy atom. The molecule has 0 unspecified atom stereocenters. The van der Waals surface area contributed by atoms with Gasteiger partial charge in [-0.25, -0.2) is 0 Å². The third kappa shape index (κ3) is 3.07. The van der Waals surface area contributed by atoms with Gasteiger partial charge in [0, 0.05) is 4.47 Å². The van der Waals surface area contributed by atoms with Crippen LogP contribution >= 0.6 is 15.9 Å². The van der Waals surface area contributed by atoms with Crippen LogP contribution in [0.2, 0.25) is 0 Å². The summed E-state index contributed by atoms with van der Waals surface area (Å²) in [7, 11) is 0. The van der Waals surface area contributed by atoms with Crippen LogP contribution in [0.1, 0.15) is 38.2 Å². The van der Waals surface area contributed by atoms with Gasteiger partial charge in [0.2, 0.25) is 0 Å². The first-order valence-corrected chi connectivity index (χ1v) is 6.44. The van der Waals surface area contributed by atoms with Gasteiger partial charge in [-0.2, -0.15) is 0 Å². The van der Waals surface area contributed by atoms with Gasteiger partial charge in [0.05, 0.1) is 5.60 Å². The Labute approximate surface area is 110 Å². The van der Waals surface area contributed by atoms with Crippen LogP contribution in [0.5, 0.6) is 0 Å². The average molecular weight is 301 g/mol. The molecule has 0 fully saturated rings. The SMILES string of the molecule is CCC(O)(CC)[C@H](C(=O)O)c1cccc(Br)c1. The van der Waals surface area contributed by atoms with Gasteiger partial charge in [0.25, 0.3) is 0 Å². The Bertz CT molecular complexity index is 399. The van der Waals surface area contributed by atoms with E-state index in [2.05, 4.69) is 15.9 Å². The second-order valence-corrected chi connectivity index (χ2v) is 5.05. The summed E-state index contributed by atoms with van der Waals surface area (Å²) in [4.78, 5) is 11.4. The normalized spacial score (nSPS) is 13.4. The fourth-order valence-corrected chi connectivity index (χ4v) is 2.44. The molecule has 0 aromatic heterocycles. The Morgan fingerprint density at radius 3 is 2.41 bits per heavy atom. The second kappa shape index (κ2) is 5.65. The van der Waals surface area contributed by atoms with Crippen LogP contribution in [0.3, 0.4) is 0 Å². The van der Waals surface area contributed by atoms with Crippen LogP contribution < -0.4 is 0 Å². The minimum absolute atomic E-state index is 0.410. The molecule has 0 aliphatic carbocycles. The van der Waals surface area contributed by atoms with Gasteiger partial charge in [-0.1, -0.05) is 41.9 Å². The van der Waals surface area contributed by atoms with E-state index in [0.29, 0.717) is 18.4 Å². The molecule has 3 nitrogen and oxygen atoms in total. The van der Waals surface area contributed by atoms with Crippen LogP contribution in [-0.2, 0) is 4.79 Å². The number of carboxylic acids is 1. The van der Waals surface area contributed by atoms with Crippen molar-refractivity contribution in [3.8, 4) is 0 Å². The van der Waals surface area contributed by atoms with Crippen molar-refractivity contribution in [3.63, 3.8) is 0 Å². The van der Waals surface area contributed by atoms with E-state index in [1.54, 1.807) is 32.0 Å². The maximum atomic E-state index is 11.4. The van der Waals surface area contributed by atoms with Crippen molar-refractivity contribution in [1.29, 1.82) is 0 Å². The number of hydrogen-bond acceptors (Lipinski definition) is 2. The molecule has 0 amide bonds. The summed E-state index contributed by atoms with van der Waals surface area (Å²) < 4.78 is 0.816. The lowest BCUT2D eigenvalue weighted by atomic mass is 9.78. The zero-order valence-electron chi connectivity index (χ0n) is 9.98. The highest BCUT2D eigenvalue weighted by molar-refractivity contribution is 9.10. The van der Waals surface area contributed by atoms with Crippen molar-refractivity contribution in [2.75, 3.05) is 0 Å². The molecule has 0 heterocycles. The minimum atomic E-state index is -1.20. The topological polar surface area (TPSA) is 57.5 Å². The first-order chi connectivity index (χ1) is 7.94. The number of carboxylic acid groups (broad SMARTS) is 1. The van der Waals surface area contributed by atoms with E-state index in [4.69, 9.17) is 0 Å². The molecule has 2 N–H and O–H groups in total. The molecule has 1 rings (SSSR count). The first-order valence-electron chi connectivity index (χ1n) is 5.65. The molecule has 0 radical (unpaired) electrons. The van der Waals surface area contributed by atoms with Crippen LogP contribution in [0.4, 0.5) is 0 Å². The van der Waals surface area contributed by atoms with Crippen molar-refractivity contribution < 1.29 is 15.0 Å². The summed E-state index contributed by atoms with van der Waals surface area (Å²) in [5.74, 6) is -1.88. The molecule has 17 heavy (non-hydrogen) atoms. The van der Waals surface area contributed by atoms with Gasteiger partial charge in [0.1, 0.15) is 5.92 Å². The summed E-state index contributed by atoms with van der Waals surface area (Å²) in [5.41, 5.74) is -0.579. The van der Waals surface area contributed by atoms with E-state index in [-0.39, 0.29) is 0 Å². The summed E-state index contributed by atoms with van der Waals surface area (Å²) in [5, 5.41) is 19.7. The van der Waals surface area contributed by atoms with Crippen molar-refractivity contribution in [2.24, 2.45) is 0 Å². The van der Waals surface area contributed by atoms with Crippen LogP contribution in [0.25, 0.3) is 0 Å². The first kappa shape index (κ1) is 14.2. The zero-order valence-corrected chi connectivity index (χ0v) is 11.6. The standard InChI is InChI=1S/C13H17BrO3/c1-3-13(17,4-2)11(12(15)16)9-6-5-7-10(14)8-9/h5-8,11,17H,3-4H2,1-2H3,(H,15,16)/t11-/m0/s1. The third-order valence-electron chi connectivity index (χ3n) is 3.19. The monoisotopic (exact) mass is 300 g/mol. The van der Waals surface area contributed by atoms with Gasteiger partial charge in [-0.3, -0.25) is 4.79 Å². The number of aliphatic carboxylic acids is 1. The molecule has 1 atom stereocenters. The molecule has 0 spiro atoms. The number of carbonyl (C=O) groups is 1. The Morgan fingerprint density at radius 2 is 2.00 bits per heavy atom. The summed E-state index contributed by atoms with van der Waals surface area (Å²) >= 11 is 3.32. The second-order valence-electron chi connectivity index (χ2n) is 4.14. The molecule has 4 heteroatoms. The molecule has 0 bridgehead atoms. The summed E-state index contributed by atoms with van der Waals surface area (Å²) in [6.45, 7) is 3.61. The van der Waals surface area contributed by atoms with E-state index >= 15 is 0 Å². The molecule has 0 aliphatic heterocycles. The van der Waals surface area contributed by atoms with Crippen LogP contribution in [0.15, 0.2) is 28.7 Å². The fraction of sp³-hybridized carbons (Fsp3) is 0.462. The number of benzene rings is 1. The van der Waals surface area contributed by atoms with Gasteiger partial charge >= 0.3 is 5.97 Å². The maximum Gasteiger partial charge on any atom is 0.313 e. The predicted molar refractivity (Wildman–Crippen MR) is 70.1 cm³/mol. The highest BCUT2D eigenvalue weighted by atomic mass is 79.9. The highest BCUT2D eigenvalue weighted by Crippen LogP contribution is 2.35. The lowest BCUT2D eigenvalue weighted by Crippen LogP contribution is -2.39. The zero-order chi connectivity index (χ0) is 13.1. The number of halogens is 1. The minimum Gasteiger partial charge on any atom is -0.481 e. The Balaban J connectivity index is 3.23. The molecule has 1 aromatic carbocycles. The van der Waals surface area contributed by atoms with E-state index in [1.165, 1.54) is 0 Å². The number of hydrogen-bond donors (Lipinski definition) is 2. The molecule has 0 saturated heterocycles. The largest absolute Gasteiger partial charge is 0.481 e. The summed E-state index contributed by atoms with van der Waals surface area (Å²) in [6, 6.07) is 7.09. The van der Waals surface area contributed by atoms with Crippen molar-refractivity contribution in [3.05, 3.63) is 34.3 Å². The molecular formula is C13H17BrO3. The highest BCUT2D eigenvalue weighted by Gasteiger charge is 2.39. The quantitative estimate of drug-likeness (QED) is 0.878. The maximum absolute atomic E-state index is 11.4. The van der Waals surface area contributed by atoms with Crippen LogP contribution in [-0.4, -0.2) is 21.8 Å². The number of rotatable bonds is 5. The molecule has 1 aromatic rings. The molecule has 0 saturated carbocycles. The lowest BCUT2D eigenvalue weighted by molar-refractivity contribution is -0.146. The van der Waals surface area contributed by atoms with E-state index < -0.39 is 17.5 Å². The van der Waals surface area contributed by atoms with Crippen molar-refractivity contribution in [2.45, 2.75) is 38.2 Å². The average Bonchev–Trinajstić information content (AvgIpc) is 2.28. The Kier molecular flexibility index (Phi) is 4.71. The van der Waals surface area contributed by atoms with E-state index in [1.807, 2.05) is 6.07 Å². The van der Waals surface area contributed by atoms with E-state index in [0.717, 1.165) is 4.47 Å². The van der Waals surface area contributed by atoms with Gasteiger partial charge < -0.3 is 10.2 Å². The lowest BCUT2D eigenvalue weighted by Gasteiger charge is -2.32.